The van der Waals surface area contributed by atoms with E-state index in [1.807, 2.05) is 49.1 Å². The van der Waals surface area contributed by atoms with Crippen molar-refractivity contribution in [3.63, 3.8) is 0 Å². The Morgan fingerprint density at radius 3 is 2.56 bits per heavy atom. The van der Waals surface area contributed by atoms with Crippen LogP contribution in [-0.4, -0.2) is 18.6 Å². The molecule has 0 aliphatic heterocycles. The number of nitrogens with zero attached hydrogens (tertiary/aromatic N) is 1. The van der Waals surface area contributed by atoms with Crippen LogP contribution in [-0.2, 0) is 5.54 Å². The molecule has 1 rings (SSSR count). The summed E-state index contributed by atoms with van der Waals surface area (Å²) in [4.78, 5) is 0. The highest BCUT2D eigenvalue weighted by molar-refractivity contribution is 7.99. The van der Waals surface area contributed by atoms with Crippen molar-refractivity contribution in [1.29, 1.82) is 5.26 Å². The van der Waals surface area contributed by atoms with Gasteiger partial charge in [-0.1, -0.05) is 37.3 Å². The number of nitrogens with one attached hydrogen (secondary N) is 1. The summed E-state index contributed by atoms with van der Waals surface area (Å²) in [5.74, 6) is 2.10. The molecule has 3 heteroatoms. The fourth-order valence-electron chi connectivity index (χ4n) is 1.68. The van der Waals surface area contributed by atoms with Crippen molar-refractivity contribution in [3.8, 4) is 6.07 Å². The second kappa shape index (κ2) is 6.57. The van der Waals surface area contributed by atoms with Crippen LogP contribution in [0.4, 0.5) is 0 Å². The molecule has 16 heavy (non-hydrogen) atoms. The largest absolute Gasteiger partial charge is 0.299 e. The van der Waals surface area contributed by atoms with Crippen molar-refractivity contribution < 1.29 is 0 Å². The van der Waals surface area contributed by atoms with Crippen molar-refractivity contribution in [2.75, 3.05) is 18.6 Å². The summed E-state index contributed by atoms with van der Waals surface area (Å²) in [5.41, 5.74) is 0.514. The van der Waals surface area contributed by atoms with Crippen LogP contribution in [0.15, 0.2) is 30.3 Å². The first-order chi connectivity index (χ1) is 7.79. The van der Waals surface area contributed by atoms with Gasteiger partial charge in [0.25, 0.3) is 0 Å². The SMILES string of the molecule is CCSCCC(C#N)(NC)c1ccccc1. The van der Waals surface area contributed by atoms with Gasteiger partial charge in [0.2, 0.25) is 0 Å². The Kier molecular flexibility index (Phi) is 5.37. The summed E-state index contributed by atoms with van der Waals surface area (Å²) >= 11 is 1.87. The molecule has 0 amide bonds. The van der Waals surface area contributed by atoms with Crippen LogP contribution in [0.5, 0.6) is 0 Å². The second-order valence-corrected chi connectivity index (χ2v) is 4.97. The molecule has 0 aliphatic carbocycles. The van der Waals surface area contributed by atoms with Crippen molar-refractivity contribution in [2.24, 2.45) is 0 Å². The third-order valence-corrected chi connectivity index (χ3v) is 3.61. The first-order valence-electron chi connectivity index (χ1n) is 5.52. The predicted octanol–water partition coefficient (Wildman–Crippen LogP) is 2.77. The van der Waals surface area contributed by atoms with E-state index in [1.54, 1.807) is 0 Å². The molecule has 0 aromatic heterocycles. The minimum absolute atomic E-state index is 0.538. The molecule has 0 saturated heterocycles. The van der Waals surface area contributed by atoms with E-state index in [9.17, 15) is 5.26 Å². The summed E-state index contributed by atoms with van der Waals surface area (Å²) in [5, 5.41) is 12.6. The smallest absolute Gasteiger partial charge is 0.132 e. The predicted molar refractivity (Wildman–Crippen MR) is 70.4 cm³/mol. The molecular formula is C13H18N2S. The van der Waals surface area contributed by atoms with Gasteiger partial charge in [-0.2, -0.15) is 17.0 Å². The lowest BCUT2D eigenvalue weighted by Gasteiger charge is -2.26. The normalized spacial score (nSPS) is 14.1. The molecule has 86 valence electrons. The topological polar surface area (TPSA) is 35.8 Å². The first-order valence-corrected chi connectivity index (χ1v) is 6.68. The van der Waals surface area contributed by atoms with E-state index >= 15 is 0 Å². The Hall–Kier alpha value is -0.980. The van der Waals surface area contributed by atoms with E-state index in [0.29, 0.717) is 0 Å². The number of rotatable bonds is 6. The van der Waals surface area contributed by atoms with Crippen LogP contribution in [0, 0.1) is 11.3 Å². The highest BCUT2D eigenvalue weighted by Crippen LogP contribution is 2.25. The fraction of sp³-hybridized carbons (Fsp3) is 0.462. The second-order valence-electron chi connectivity index (χ2n) is 3.58. The molecule has 0 spiro atoms. The summed E-state index contributed by atoms with van der Waals surface area (Å²) in [6.07, 6.45) is 0.836. The van der Waals surface area contributed by atoms with E-state index in [1.165, 1.54) is 0 Å². The fourth-order valence-corrected chi connectivity index (χ4v) is 2.42. The van der Waals surface area contributed by atoms with Gasteiger partial charge in [-0.15, -0.1) is 0 Å². The summed E-state index contributed by atoms with van der Waals surface area (Å²) < 4.78 is 0. The van der Waals surface area contributed by atoms with Gasteiger partial charge in [-0.3, -0.25) is 5.32 Å². The van der Waals surface area contributed by atoms with Crippen molar-refractivity contribution in [2.45, 2.75) is 18.9 Å². The average molecular weight is 234 g/mol. The van der Waals surface area contributed by atoms with Crippen LogP contribution >= 0.6 is 11.8 Å². The molecule has 1 aromatic carbocycles. The van der Waals surface area contributed by atoms with Gasteiger partial charge in [0.1, 0.15) is 5.54 Å². The minimum atomic E-state index is -0.538. The van der Waals surface area contributed by atoms with Crippen LogP contribution < -0.4 is 5.32 Å². The van der Waals surface area contributed by atoms with E-state index in [0.717, 1.165) is 23.5 Å². The molecule has 0 saturated carbocycles. The van der Waals surface area contributed by atoms with Crippen LogP contribution in [0.3, 0.4) is 0 Å². The van der Waals surface area contributed by atoms with Gasteiger partial charge in [-0.25, -0.2) is 0 Å². The Balaban J connectivity index is 2.85. The first kappa shape index (κ1) is 13.1. The molecule has 1 atom stereocenters. The summed E-state index contributed by atoms with van der Waals surface area (Å²) in [7, 11) is 1.85. The zero-order chi connectivity index (χ0) is 11.9. The van der Waals surface area contributed by atoms with E-state index in [-0.39, 0.29) is 0 Å². The van der Waals surface area contributed by atoms with Gasteiger partial charge in [0, 0.05) is 0 Å². The lowest BCUT2D eigenvalue weighted by molar-refractivity contribution is 0.457. The molecule has 1 aromatic rings. The Labute approximate surface area is 102 Å². The maximum Gasteiger partial charge on any atom is 0.132 e. The highest BCUT2D eigenvalue weighted by Gasteiger charge is 2.29. The van der Waals surface area contributed by atoms with Gasteiger partial charge >= 0.3 is 0 Å². The van der Waals surface area contributed by atoms with Crippen LogP contribution in [0.1, 0.15) is 18.9 Å². The molecule has 0 heterocycles. The molecule has 0 aliphatic rings. The standard InChI is InChI=1S/C13H18N2S/c1-3-16-10-9-13(11-14,15-2)12-7-5-4-6-8-12/h4-8,15H,3,9-10H2,1-2H3. The minimum Gasteiger partial charge on any atom is -0.299 e. The average Bonchev–Trinajstić information content (AvgIpc) is 2.36. The Morgan fingerprint density at radius 2 is 2.06 bits per heavy atom. The zero-order valence-electron chi connectivity index (χ0n) is 9.86. The number of hydrogen-bond acceptors (Lipinski definition) is 3. The zero-order valence-corrected chi connectivity index (χ0v) is 10.7. The molecule has 1 N–H and O–H groups in total. The molecule has 0 bridgehead atoms. The van der Waals surface area contributed by atoms with Gasteiger partial charge in [-0.05, 0) is 30.5 Å². The molecule has 1 unspecified atom stereocenters. The lowest BCUT2D eigenvalue weighted by Crippen LogP contribution is -2.39. The quantitative estimate of drug-likeness (QED) is 0.769. The molecule has 0 radical (unpaired) electrons. The summed E-state index contributed by atoms with van der Waals surface area (Å²) in [6, 6.07) is 12.4. The van der Waals surface area contributed by atoms with Crippen molar-refractivity contribution >= 4 is 11.8 Å². The maximum atomic E-state index is 9.41. The maximum absolute atomic E-state index is 9.41. The number of thioether (sulfide) groups is 1. The number of benzene rings is 1. The third kappa shape index (κ3) is 3.01. The molecular weight excluding hydrogens is 216 g/mol. The molecule has 2 nitrogen and oxygen atoms in total. The van der Waals surface area contributed by atoms with Gasteiger partial charge < -0.3 is 0 Å². The van der Waals surface area contributed by atoms with Crippen molar-refractivity contribution in [1.82, 2.24) is 5.32 Å². The Morgan fingerprint density at radius 1 is 1.38 bits per heavy atom. The van der Waals surface area contributed by atoms with Gasteiger partial charge in [0.05, 0.1) is 6.07 Å². The third-order valence-electron chi connectivity index (χ3n) is 2.71. The van der Waals surface area contributed by atoms with Crippen LogP contribution in [0.2, 0.25) is 0 Å². The van der Waals surface area contributed by atoms with Gasteiger partial charge in [0.15, 0.2) is 0 Å². The number of hydrogen-bond donors (Lipinski definition) is 1. The number of nitriles is 1. The van der Waals surface area contributed by atoms with E-state index in [2.05, 4.69) is 18.3 Å². The monoisotopic (exact) mass is 234 g/mol. The van der Waals surface area contributed by atoms with E-state index < -0.39 is 5.54 Å². The highest BCUT2D eigenvalue weighted by atomic mass is 32.2. The Bertz CT molecular complexity index is 345. The lowest BCUT2D eigenvalue weighted by atomic mass is 9.89. The van der Waals surface area contributed by atoms with Crippen LogP contribution in [0.25, 0.3) is 0 Å². The molecule has 0 fully saturated rings. The van der Waals surface area contributed by atoms with Crippen molar-refractivity contribution in [3.05, 3.63) is 35.9 Å². The summed E-state index contributed by atoms with van der Waals surface area (Å²) in [6.45, 7) is 2.14. The van der Waals surface area contributed by atoms with E-state index in [4.69, 9.17) is 0 Å².